The van der Waals surface area contributed by atoms with Gasteiger partial charge in [0.25, 0.3) is 0 Å². The Morgan fingerprint density at radius 3 is 1.07 bits per heavy atom. The van der Waals surface area contributed by atoms with E-state index in [1.54, 1.807) is 0 Å². The van der Waals surface area contributed by atoms with E-state index in [-0.39, 0.29) is 295 Å². The van der Waals surface area contributed by atoms with Crippen LogP contribution >= 0.6 is 0 Å². The molecule has 0 aromatic heterocycles. The minimum atomic E-state index is 0. The molecule has 0 bridgehead atoms. The third-order valence-electron chi connectivity index (χ3n) is 1.95. The summed E-state index contributed by atoms with van der Waals surface area (Å²) in [6.07, 6.45) is 4.49. The first kappa shape index (κ1) is 117. The second-order valence-electron chi connectivity index (χ2n) is 4.88. The average molecular weight is 3620 g/mol. The third-order valence-corrected chi connectivity index (χ3v) is 4.85. The zero-order valence-electron chi connectivity index (χ0n) is 23.2. The first-order chi connectivity index (χ1) is 12.4. The van der Waals surface area contributed by atoms with E-state index in [9.17, 15) is 0 Å². The topological polar surface area (TPSA) is 18.5 Å². The van der Waals surface area contributed by atoms with Gasteiger partial charge >= 0.3 is 181 Å². The molecule has 0 aromatic carbocycles. The molecular formula is C20H36O2W18. The summed E-state index contributed by atoms with van der Waals surface area (Å²) in [6, 6.07) is 0. The molecule has 0 aliphatic rings. The summed E-state index contributed by atoms with van der Waals surface area (Å²) < 4.78 is 19.4. The quantitative estimate of drug-likeness (QED) is 0.305. The molecule has 0 rings (SSSR count). The second kappa shape index (κ2) is 110. The summed E-state index contributed by atoms with van der Waals surface area (Å²) in [4.78, 5) is 0. The van der Waals surface area contributed by atoms with Gasteiger partial charge in [-0.1, -0.05) is 27.7 Å². The Hall–Kier alpha value is 11.1. The molecule has 0 aliphatic heterocycles. The molecule has 0 unspecified atom stereocenters. The maximum Gasteiger partial charge on any atom is 0 e. The van der Waals surface area contributed by atoms with Gasteiger partial charge in [-0.15, -0.1) is 0 Å². The van der Waals surface area contributed by atoms with E-state index in [1.807, 2.05) is 33.8 Å². The van der Waals surface area contributed by atoms with Crippen molar-refractivity contribution in [3.63, 3.8) is 0 Å². The predicted octanol–water partition coefficient (Wildman–Crippen LogP) is 4.29. The summed E-state index contributed by atoms with van der Waals surface area (Å²) in [5.74, 6) is 1.63. The van der Waals surface area contributed by atoms with Crippen LogP contribution in [0, 0.1) is 5.92 Å². The molecule has 0 fully saturated rings. The zero-order chi connectivity index (χ0) is 21.4. The Labute approximate surface area is 492 Å². The van der Waals surface area contributed by atoms with Crippen LogP contribution in [0.25, 0.3) is 0 Å². The first-order valence-electron chi connectivity index (χ1n) is 8.85. The molecule has 40 heavy (non-hydrogen) atoms. The molecule has 0 spiro atoms. The number of hydrogen-bond acceptors (Lipinski definition) is 2. The van der Waals surface area contributed by atoms with Crippen molar-refractivity contribution in [2.75, 3.05) is 13.2 Å². The first-order valence-corrected chi connectivity index (χ1v) is 15.6. The SMILES string of the molecule is CC.CC.CC(C)COC([CH]=[W])=C[CH]=[W].CC(C)OCC([CH]=[W])=C[CH]=[W].[W].[W].[W].[W].[W].[W].[W].[W].[W].[W].[W].[W].[W].[W]. The van der Waals surface area contributed by atoms with Gasteiger partial charge in [-0.2, -0.15) is 0 Å². The molecular weight excluding hydrogens is 3580 g/mol. The van der Waals surface area contributed by atoms with Gasteiger partial charge in [-0.3, -0.25) is 0 Å². The molecule has 0 aliphatic carbocycles. The van der Waals surface area contributed by atoms with Gasteiger partial charge in [-0.05, 0) is 0 Å². The minimum Gasteiger partial charge on any atom is 0 e. The smallest absolute Gasteiger partial charge is 0 e. The minimum absolute atomic E-state index is 0. The van der Waals surface area contributed by atoms with Crippen LogP contribution in [0.3, 0.4) is 0 Å². The maximum absolute atomic E-state index is 5.50. The molecule has 0 N–H and O–H groups in total. The Balaban J connectivity index is -0.0000000102. The van der Waals surface area contributed by atoms with Crippen molar-refractivity contribution in [1.82, 2.24) is 0 Å². The van der Waals surface area contributed by atoms with E-state index >= 15 is 0 Å². The van der Waals surface area contributed by atoms with E-state index < -0.39 is 0 Å². The summed E-state index contributed by atoms with van der Waals surface area (Å²) in [7, 11) is 0. The van der Waals surface area contributed by atoms with Crippen molar-refractivity contribution in [2.45, 2.75) is 61.5 Å². The van der Waals surface area contributed by atoms with E-state index in [2.05, 4.69) is 51.4 Å². The van der Waals surface area contributed by atoms with Gasteiger partial charge in [0.2, 0.25) is 0 Å². The Morgan fingerprint density at radius 1 is 0.550 bits per heavy atom. The molecule has 0 aromatic rings. The van der Waals surface area contributed by atoms with Crippen molar-refractivity contribution in [1.29, 1.82) is 0 Å². The number of ether oxygens (including phenoxy) is 2. The largest absolute Gasteiger partial charge is 0 e. The van der Waals surface area contributed by atoms with Crippen LogP contribution in [0.15, 0.2) is 23.5 Å². The van der Waals surface area contributed by atoms with E-state index in [0.717, 1.165) is 19.0 Å². The maximum atomic E-state index is 5.50. The molecule has 20 heteroatoms. The van der Waals surface area contributed by atoms with Gasteiger partial charge in [0, 0.05) is 295 Å². The van der Waals surface area contributed by atoms with Crippen LogP contribution < -0.4 is 0 Å². The molecule has 0 saturated carbocycles. The van der Waals surface area contributed by atoms with Crippen molar-refractivity contribution >= 4 is 17.6 Å². The van der Waals surface area contributed by atoms with E-state index in [0.29, 0.717) is 12.0 Å². The number of allylic oxidation sites excluding steroid dienone is 3. The monoisotopic (exact) mass is 3620 g/mol. The molecule has 0 amide bonds. The summed E-state index contributed by atoms with van der Waals surface area (Å²) >= 11 is 5.86. The van der Waals surface area contributed by atoms with Crippen LogP contribution in [0.1, 0.15) is 55.4 Å². The van der Waals surface area contributed by atoms with Crippen molar-refractivity contribution in [3.8, 4) is 0 Å². The fourth-order valence-corrected chi connectivity index (χ4v) is 3.09. The normalized spacial score (nSPS) is 6.65. The van der Waals surface area contributed by atoms with Crippen LogP contribution in [-0.4, -0.2) is 36.9 Å². The van der Waals surface area contributed by atoms with Crippen LogP contribution in [0.5, 0.6) is 0 Å². The van der Waals surface area contributed by atoms with E-state index in [1.165, 1.54) is 83.0 Å². The van der Waals surface area contributed by atoms with Gasteiger partial charge in [-0.25, -0.2) is 0 Å². The summed E-state index contributed by atoms with van der Waals surface area (Å²) in [6.45, 7) is 18.0. The van der Waals surface area contributed by atoms with Gasteiger partial charge in [0.15, 0.2) is 0 Å². The van der Waals surface area contributed by atoms with E-state index in [4.69, 9.17) is 9.47 Å². The van der Waals surface area contributed by atoms with Crippen molar-refractivity contribution < 1.29 is 382 Å². The van der Waals surface area contributed by atoms with Crippen molar-refractivity contribution in [2.24, 2.45) is 5.92 Å². The van der Waals surface area contributed by atoms with Crippen LogP contribution in [0.2, 0.25) is 0 Å². The second-order valence-corrected chi connectivity index (χ2v) is 8.53. The molecule has 0 atom stereocenters. The van der Waals surface area contributed by atoms with Gasteiger partial charge in [0.05, 0.1) is 0 Å². The standard InChI is InChI=1S/2C8H12O.2C2H6.18W/c1-5-8(4)6-9-7(2)3;1-5-8(4)9-6-7(2)3;2*1-2;;;;;;;;;;;;;;;;;;/h2*1,4-5,7H,6H2,2-3H3;2*1-2H3;;;;;;;;;;;;;;;;;;. The molecule has 0 radical (unpaired) electrons. The number of hydrogen-bond donors (Lipinski definition) is 0. The summed E-state index contributed by atoms with van der Waals surface area (Å²) in [5, 5.41) is 0. The Bertz CT molecular complexity index is 386. The van der Waals surface area contributed by atoms with Gasteiger partial charge < -0.3 is 0 Å². The Kier molecular flexibility index (Phi) is 323. The molecule has 236 valence electrons. The Morgan fingerprint density at radius 2 is 0.875 bits per heavy atom. The van der Waals surface area contributed by atoms with Crippen LogP contribution in [0.4, 0.5) is 0 Å². The van der Waals surface area contributed by atoms with Crippen molar-refractivity contribution in [3.05, 3.63) is 23.5 Å². The van der Waals surface area contributed by atoms with Gasteiger partial charge in [0.1, 0.15) is 0 Å². The zero-order valence-corrected chi connectivity index (χ0v) is 76.0. The fraction of sp³-hybridized carbons (Fsp3) is 0.600. The molecule has 2 nitrogen and oxygen atoms in total. The third kappa shape index (κ3) is 117. The fourth-order valence-electron chi connectivity index (χ4n) is 0.923. The predicted molar refractivity (Wildman–Crippen MR) is 105 cm³/mol. The summed E-state index contributed by atoms with van der Waals surface area (Å²) in [5.41, 5.74) is 1.30. The molecule has 0 saturated heterocycles. The van der Waals surface area contributed by atoms with Crippen LogP contribution in [-0.2, 0) is 382 Å². The molecule has 0 heterocycles. The number of rotatable bonds is 10. The average Bonchev–Trinajstić information content (AvgIpc) is 2.65.